The van der Waals surface area contributed by atoms with E-state index in [1.807, 2.05) is 39.0 Å². The largest absolute Gasteiger partial charge is 0.331 e. The van der Waals surface area contributed by atoms with Crippen LogP contribution in [-0.4, -0.2) is 20.8 Å². The van der Waals surface area contributed by atoms with Crippen molar-refractivity contribution in [2.45, 2.75) is 39.3 Å². The number of hydrogen-bond acceptors (Lipinski definition) is 4. The highest BCUT2D eigenvalue weighted by Gasteiger charge is 2.16. The van der Waals surface area contributed by atoms with E-state index in [0.29, 0.717) is 5.56 Å². The fourth-order valence-corrected chi connectivity index (χ4v) is 2.15. The van der Waals surface area contributed by atoms with Crippen LogP contribution in [0, 0.1) is 11.3 Å². The highest BCUT2D eigenvalue weighted by molar-refractivity contribution is 5.89. The third-order valence-electron chi connectivity index (χ3n) is 3.44. The molecule has 120 valence electrons. The van der Waals surface area contributed by atoms with Crippen LogP contribution in [0.1, 0.15) is 50.4 Å². The predicted molar refractivity (Wildman–Crippen MR) is 86.8 cm³/mol. The van der Waals surface area contributed by atoms with Gasteiger partial charge in [0.15, 0.2) is 5.82 Å². The lowest BCUT2D eigenvalue weighted by Crippen LogP contribution is -2.32. The average molecular weight is 312 g/mol. The lowest BCUT2D eigenvalue weighted by atomic mass is 10.1. The number of anilines is 1. The predicted octanol–water partition coefficient (Wildman–Crippen LogP) is 3.00. The number of rotatable bonds is 5. The van der Waals surface area contributed by atoms with Gasteiger partial charge >= 0.3 is 6.03 Å². The van der Waals surface area contributed by atoms with Gasteiger partial charge in [-0.1, -0.05) is 6.92 Å². The van der Waals surface area contributed by atoms with Crippen LogP contribution in [0.3, 0.4) is 0 Å². The highest BCUT2D eigenvalue weighted by atomic mass is 16.2. The average Bonchev–Trinajstić information content (AvgIpc) is 2.96. The quantitative estimate of drug-likeness (QED) is 0.887. The minimum absolute atomic E-state index is 0.112. The summed E-state index contributed by atoms with van der Waals surface area (Å²) in [6.45, 7) is 5.89. The smallest absolute Gasteiger partial charge is 0.320 e. The van der Waals surface area contributed by atoms with Crippen molar-refractivity contribution in [1.82, 2.24) is 20.1 Å². The van der Waals surface area contributed by atoms with Gasteiger partial charge in [-0.2, -0.15) is 10.4 Å². The first kappa shape index (κ1) is 16.5. The van der Waals surface area contributed by atoms with Gasteiger partial charge in [0, 0.05) is 24.6 Å². The summed E-state index contributed by atoms with van der Waals surface area (Å²) < 4.78 is 1.65. The minimum atomic E-state index is -0.390. The SMILES string of the molecule is CCC(NC(=O)Nc1nn(C(C)C)cc1C#N)c1ccncc1. The van der Waals surface area contributed by atoms with Crippen LogP contribution < -0.4 is 10.6 Å². The van der Waals surface area contributed by atoms with E-state index in [4.69, 9.17) is 5.26 Å². The monoisotopic (exact) mass is 312 g/mol. The van der Waals surface area contributed by atoms with E-state index >= 15 is 0 Å². The van der Waals surface area contributed by atoms with E-state index in [0.717, 1.165) is 12.0 Å². The van der Waals surface area contributed by atoms with Gasteiger partial charge in [0.05, 0.1) is 6.04 Å². The molecule has 0 saturated heterocycles. The first-order valence-corrected chi connectivity index (χ1v) is 7.51. The molecule has 2 amide bonds. The number of urea groups is 1. The number of carbonyl (C=O) groups is 1. The molecule has 0 aliphatic heterocycles. The Morgan fingerprint density at radius 1 is 1.39 bits per heavy atom. The van der Waals surface area contributed by atoms with Crippen LogP contribution in [0.2, 0.25) is 0 Å². The van der Waals surface area contributed by atoms with Crippen molar-refractivity contribution < 1.29 is 4.79 Å². The summed E-state index contributed by atoms with van der Waals surface area (Å²) in [7, 11) is 0. The molecule has 0 fully saturated rings. The molecule has 7 nitrogen and oxygen atoms in total. The third kappa shape index (κ3) is 4.07. The summed E-state index contributed by atoms with van der Waals surface area (Å²) in [5.41, 5.74) is 1.32. The zero-order chi connectivity index (χ0) is 16.8. The second-order valence-electron chi connectivity index (χ2n) is 5.42. The van der Waals surface area contributed by atoms with Gasteiger partial charge in [-0.25, -0.2) is 4.79 Å². The molecule has 0 saturated carbocycles. The van der Waals surface area contributed by atoms with E-state index in [1.165, 1.54) is 0 Å². The number of pyridine rings is 1. The van der Waals surface area contributed by atoms with E-state index in [-0.39, 0.29) is 23.9 Å². The molecule has 0 bridgehead atoms. The van der Waals surface area contributed by atoms with Crippen LogP contribution in [0.15, 0.2) is 30.7 Å². The molecule has 2 aromatic rings. The molecule has 1 atom stereocenters. The van der Waals surface area contributed by atoms with Gasteiger partial charge in [-0.3, -0.25) is 15.0 Å². The number of carbonyl (C=O) groups excluding carboxylic acids is 1. The van der Waals surface area contributed by atoms with Crippen LogP contribution in [0.25, 0.3) is 0 Å². The molecule has 0 radical (unpaired) electrons. The van der Waals surface area contributed by atoms with Crippen molar-refractivity contribution in [2.24, 2.45) is 0 Å². The van der Waals surface area contributed by atoms with E-state index < -0.39 is 0 Å². The van der Waals surface area contributed by atoms with Crippen molar-refractivity contribution in [3.63, 3.8) is 0 Å². The molecule has 0 spiro atoms. The Morgan fingerprint density at radius 2 is 2.09 bits per heavy atom. The van der Waals surface area contributed by atoms with Gasteiger partial charge in [0.1, 0.15) is 11.6 Å². The van der Waals surface area contributed by atoms with E-state index in [1.54, 1.807) is 23.3 Å². The fraction of sp³-hybridized carbons (Fsp3) is 0.375. The molecule has 0 aromatic carbocycles. The zero-order valence-electron chi connectivity index (χ0n) is 13.4. The van der Waals surface area contributed by atoms with Gasteiger partial charge in [0.2, 0.25) is 0 Å². The maximum Gasteiger partial charge on any atom is 0.320 e. The second-order valence-corrected chi connectivity index (χ2v) is 5.42. The van der Waals surface area contributed by atoms with Gasteiger partial charge in [-0.15, -0.1) is 0 Å². The van der Waals surface area contributed by atoms with Crippen LogP contribution in [0.5, 0.6) is 0 Å². The molecule has 23 heavy (non-hydrogen) atoms. The lowest BCUT2D eigenvalue weighted by Gasteiger charge is -2.17. The van der Waals surface area contributed by atoms with Gasteiger partial charge in [-0.05, 0) is 38.0 Å². The number of nitriles is 1. The maximum atomic E-state index is 12.2. The number of amides is 2. The molecule has 7 heteroatoms. The Bertz CT molecular complexity index is 701. The molecule has 2 rings (SSSR count). The Labute approximate surface area is 135 Å². The summed E-state index contributed by atoms with van der Waals surface area (Å²) in [6, 6.07) is 5.36. The van der Waals surface area contributed by atoms with Crippen molar-refractivity contribution in [2.75, 3.05) is 5.32 Å². The summed E-state index contributed by atoms with van der Waals surface area (Å²) >= 11 is 0. The first-order valence-electron chi connectivity index (χ1n) is 7.51. The molecule has 2 aromatic heterocycles. The Balaban J connectivity index is 2.09. The summed E-state index contributed by atoms with van der Waals surface area (Å²) in [5.74, 6) is 0.267. The fourth-order valence-electron chi connectivity index (χ4n) is 2.15. The third-order valence-corrected chi connectivity index (χ3v) is 3.44. The molecule has 1 unspecified atom stereocenters. The lowest BCUT2D eigenvalue weighted by molar-refractivity contribution is 0.248. The number of nitrogens with zero attached hydrogens (tertiary/aromatic N) is 4. The highest BCUT2D eigenvalue weighted by Crippen LogP contribution is 2.17. The minimum Gasteiger partial charge on any atom is -0.331 e. The standard InChI is InChI=1S/C16H20N6O/c1-4-14(12-5-7-18-8-6-12)19-16(23)20-15-13(9-17)10-22(21-15)11(2)3/h5-8,10-11,14H,4H2,1-3H3,(H2,19,20,21,23). The van der Waals surface area contributed by atoms with Crippen LogP contribution >= 0.6 is 0 Å². The molecule has 2 N–H and O–H groups in total. The summed E-state index contributed by atoms with van der Waals surface area (Å²) in [5, 5.41) is 18.9. The zero-order valence-corrected chi connectivity index (χ0v) is 13.4. The van der Waals surface area contributed by atoms with Gasteiger partial charge < -0.3 is 5.32 Å². The number of nitrogens with one attached hydrogen (secondary N) is 2. The van der Waals surface area contributed by atoms with Crippen LogP contribution in [0.4, 0.5) is 10.6 Å². The molecule has 0 aliphatic rings. The Kier molecular flexibility index (Phi) is 5.31. The number of aromatic nitrogens is 3. The normalized spacial score (nSPS) is 11.8. The topological polar surface area (TPSA) is 95.6 Å². The first-order chi connectivity index (χ1) is 11.0. The van der Waals surface area contributed by atoms with Crippen molar-refractivity contribution in [3.8, 4) is 6.07 Å². The van der Waals surface area contributed by atoms with Crippen LogP contribution in [-0.2, 0) is 0 Å². The second kappa shape index (κ2) is 7.40. The van der Waals surface area contributed by atoms with Crippen molar-refractivity contribution >= 4 is 11.8 Å². The Hall–Kier alpha value is -2.88. The summed E-state index contributed by atoms with van der Waals surface area (Å²) in [6.07, 6.45) is 5.74. The summed E-state index contributed by atoms with van der Waals surface area (Å²) in [4.78, 5) is 16.2. The van der Waals surface area contributed by atoms with Gasteiger partial charge in [0.25, 0.3) is 0 Å². The number of hydrogen-bond donors (Lipinski definition) is 2. The maximum absolute atomic E-state index is 12.2. The van der Waals surface area contributed by atoms with Crippen molar-refractivity contribution in [1.29, 1.82) is 5.26 Å². The van der Waals surface area contributed by atoms with E-state index in [9.17, 15) is 4.79 Å². The molecule has 0 aliphatic carbocycles. The molecular weight excluding hydrogens is 292 g/mol. The molecule has 2 heterocycles. The molecular formula is C16H20N6O. The van der Waals surface area contributed by atoms with E-state index in [2.05, 4.69) is 20.7 Å². The van der Waals surface area contributed by atoms with Crippen molar-refractivity contribution in [3.05, 3.63) is 41.9 Å². The Morgan fingerprint density at radius 3 is 2.65 bits per heavy atom.